The first kappa shape index (κ1) is 7.43. The van der Waals surface area contributed by atoms with Gasteiger partial charge in [-0.25, -0.2) is 0 Å². The number of likely N-dealkylation sites (N-methyl/N-ethyl adjacent to an activating group) is 1. The number of halogens is 1. The summed E-state index contributed by atoms with van der Waals surface area (Å²) in [7, 11) is 2.08. The summed E-state index contributed by atoms with van der Waals surface area (Å²) in [6.45, 7) is 1.78. The summed E-state index contributed by atoms with van der Waals surface area (Å²) in [5, 5.41) is 1.03. The van der Waals surface area contributed by atoms with Crippen LogP contribution >= 0.6 is 27.3 Å². The summed E-state index contributed by atoms with van der Waals surface area (Å²) in [6, 6.07) is 2.10. The van der Waals surface area contributed by atoms with E-state index in [1.165, 1.54) is 5.69 Å². The molecule has 0 fully saturated rings. The Bertz CT molecular complexity index is 273. The van der Waals surface area contributed by atoms with Crippen LogP contribution in [0.25, 0.3) is 0 Å². The average Bonchev–Trinajstić information content (AvgIpc) is 2.31. The Morgan fingerprint density at radius 1 is 1.73 bits per heavy atom. The van der Waals surface area contributed by atoms with Crippen LogP contribution in [0.3, 0.4) is 0 Å². The second kappa shape index (κ2) is 2.68. The van der Waals surface area contributed by atoms with Crippen LogP contribution < -0.4 is 9.64 Å². The standard InChI is InChI=1S/C7H8BrNOS/c1-9-2-3-10-7-5(9)4-6(8)11-7/h4H,2-3H2,1H3. The molecule has 1 aromatic heterocycles. The van der Waals surface area contributed by atoms with Crippen LogP contribution in [0.5, 0.6) is 5.06 Å². The van der Waals surface area contributed by atoms with Gasteiger partial charge < -0.3 is 9.64 Å². The molecular formula is C7H8BrNOS. The van der Waals surface area contributed by atoms with Gasteiger partial charge in [-0.1, -0.05) is 11.3 Å². The van der Waals surface area contributed by atoms with Crippen molar-refractivity contribution in [1.29, 1.82) is 0 Å². The smallest absolute Gasteiger partial charge is 0.198 e. The third-order valence-electron chi connectivity index (χ3n) is 1.72. The molecule has 1 aromatic rings. The number of hydrogen-bond acceptors (Lipinski definition) is 3. The van der Waals surface area contributed by atoms with E-state index < -0.39 is 0 Å². The van der Waals surface area contributed by atoms with Gasteiger partial charge in [-0.15, -0.1) is 0 Å². The van der Waals surface area contributed by atoms with Gasteiger partial charge >= 0.3 is 0 Å². The van der Waals surface area contributed by atoms with Crippen molar-refractivity contribution in [1.82, 2.24) is 0 Å². The van der Waals surface area contributed by atoms with Gasteiger partial charge in [-0.2, -0.15) is 0 Å². The lowest BCUT2D eigenvalue weighted by atomic mass is 10.4. The molecule has 0 radical (unpaired) electrons. The van der Waals surface area contributed by atoms with E-state index in [0.29, 0.717) is 0 Å². The quantitative estimate of drug-likeness (QED) is 0.683. The minimum Gasteiger partial charge on any atom is -0.480 e. The van der Waals surface area contributed by atoms with E-state index in [-0.39, 0.29) is 0 Å². The molecule has 2 rings (SSSR count). The normalized spacial score (nSPS) is 16.0. The lowest BCUT2D eigenvalue weighted by Crippen LogP contribution is -2.27. The first-order valence-electron chi connectivity index (χ1n) is 3.40. The maximum Gasteiger partial charge on any atom is 0.198 e. The van der Waals surface area contributed by atoms with Crippen molar-refractivity contribution >= 4 is 33.0 Å². The van der Waals surface area contributed by atoms with Crippen LogP contribution in [0.1, 0.15) is 0 Å². The van der Waals surface area contributed by atoms with E-state index in [0.717, 1.165) is 22.0 Å². The second-order valence-corrected chi connectivity index (χ2v) is 4.89. The molecule has 0 atom stereocenters. The number of hydrogen-bond donors (Lipinski definition) is 0. The first-order chi connectivity index (χ1) is 5.27. The van der Waals surface area contributed by atoms with Gasteiger partial charge in [0, 0.05) is 7.05 Å². The Kier molecular flexibility index (Phi) is 1.81. The lowest BCUT2D eigenvalue weighted by molar-refractivity contribution is 0.321. The van der Waals surface area contributed by atoms with E-state index in [1.807, 2.05) is 0 Å². The summed E-state index contributed by atoms with van der Waals surface area (Å²) in [6.07, 6.45) is 0. The first-order valence-corrected chi connectivity index (χ1v) is 5.01. The van der Waals surface area contributed by atoms with E-state index in [9.17, 15) is 0 Å². The Balaban J connectivity index is 2.43. The van der Waals surface area contributed by atoms with Crippen molar-refractivity contribution in [2.24, 2.45) is 0 Å². The van der Waals surface area contributed by atoms with Gasteiger partial charge in [0.2, 0.25) is 0 Å². The van der Waals surface area contributed by atoms with Crippen molar-refractivity contribution in [3.05, 3.63) is 9.85 Å². The van der Waals surface area contributed by atoms with Crippen LogP contribution in [-0.2, 0) is 0 Å². The number of rotatable bonds is 0. The Morgan fingerprint density at radius 2 is 2.55 bits per heavy atom. The van der Waals surface area contributed by atoms with Crippen LogP contribution in [0, 0.1) is 0 Å². The van der Waals surface area contributed by atoms with Crippen LogP contribution in [0.4, 0.5) is 5.69 Å². The number of nitrogens with zero attached hydrogens (tertiary/aromatic N) is 1. The van der Waals surface area contributed by atoms with Crippen molar-refractivity contribution in [3.63, 3.8) is 0 Å². The average molecular weight is 234 g/mol. The van der Waals surface area contributed by atoms with Crippen LogP contribution in [-0.4, -0.2) is 20.2 Å². The predicted molar refractivity (Wildman–Crippen MR) is 50.8 cm³/mol. The molecule has 1 aliphatic rings. The molecule has 0 spiro atoms. The van der Waals surface area contributed by atoms with Gasteiger partial charge in [-0.3, -0.25) is 0 Å². The Morgan fingerprint density at radius 3 is 3.27 bits per heavy atom. The molecule has 0 saturated heterocycles. The minimum atomic E-state index is 0.802. The van der Waals surface area contributed by atoms with Crippen LogP contribution in [0.15, 0.2) is 9.85 Å². The molecule has 11 heavy (non-hydrogen) atoms. The van der Waals surface area contributed by atoms with Crippen molar-refractivity contribution in [2.75, 3.05) is 25.1 Å². The molecule has 0 saturated carbocycles. The third-order valence-corrected chi connectivity index (χ3v) is 3.26. The highest BCUT2D eigenvalue weighted by molar-refractivity contribution is 9.11. The SMILES string of the molecule is CN1CCOc2sc(Br)cc21. The Hall–Kier alpha value is -0.220. The topological polar surface area (TPSA) is 12.5 Å². The molecule has 0 amide bonds. The zero-order valence-corrected chi connectivity index (χ0v) is 8.54. The molecule has 2 heterocycles. The molecular weight excluding hydrogens is 226 g/mol. The Labute approximate surface area is 77.9 Å². The number of ether oxygens (including phenoxy) is 1. The molecule has 2 nitrogen and oxygen atoms in total. The fourth-order valence-electron chi connectivity index (χ4n) is 1.10. The van der Waals surface area contributed by atoms with E-state index >= 15 is 0 Å². The maximum atomic E-state index is 5.46. The summed E-state index contributed by atoms with van der Waals surface area (Å²) in [5.74, 6) is 0. The molecule has 0 aromatic carbocycles. The number of fused-ring (bicyclic) bond motifs is 1. The van der Waals surface area contributed by atoms with Crippen LogP contribution in [0.2, 0.25) is 0 Å². The summed E-state index contributed by atoms with van der Waals surface area (Å²) in [4.78, 5) is 2.21. The zero-order valence-electron chi connectivity index (χ0n) is 6.13. The van der Waals surface area contributed by atoms with E-state index in [4.69, 9.17) is 4.74 Å². The number of anilines is 1. The van der Waals surface area contributed by atoms with E-state index in [1.54, 1.807) is 11.3 Å². The summed E-state index contributed by atoms with van der Waals surface area (Å²) >= 11 is 5.08. The molecule has 60 valence electrons. The fraction of sp³-hybridized carbons (Fsp3) is 0.429. The van der Waals surface area contributed by atoms with Gasteiger partial charge in [0.05, 0.1) is 16.0 Å². The zero-order chi connectivity index (χ0) is 7.84. The second-order valence-electron chi connectivity index (χ2n) is 2.49. The highest BCUT2D eigenvalue weighted by Gasteiger charge is 2.17. The molecule has 0 unspecified atom stereocenters. The van der Waals surface area contributed by atoms with Gasteiger partial charge in [0.15, 0.2) is 5.06 Å². The summed E-state index contributed by atoms with van der Waals surface area (Å²) < 4.78 is 6.60. The lowest BCUT2D eigenvalue weighted by Gasteiger charge is -2.24. The van der Waals surface area contributed by atoms with Crippen molar-refractivity contribution in [3.8, 4) is 5.06 Å². The minimum absolute atomic E-state index is 0.802. The van der Waals surface area contributed by atoms with E-state index in [2.05, 4.69) is 33.9 Å². The molecule has 1 aliphatic heterocycles. The molecule has 0 bridgehead atoms. The highest BCUT2D eigenvalue weighted by atomic mass is 79.9. The maximum absolute atomic E-state index is 5.46. The summed E-state index contributed by atoms with van der Waals surface area (Å²) in [5.41, 5.74) is 1.20. The molecule has 0 N–H and O–H groups in total. The monoisotopic (exact) mass is 233 g/mol. The molecule has 0 aliphatic carbocycles. The van der Waals surface area contributed by atoms with Crippen molar-refractivity contribution < 1.29 is 4.74 Å². The van der Waals surface area contributed by atoms with Gasteiger partial charge in [0.1, 0.15) is 6.61 Å². The number of thiophene rings is 1. The van der Waals surface area contributed by atoms with Gasteiger partial charge in [-0.05, 0) is 22.0 Å². The fourth-order valence-corrected chi connectivity index (χ4v) is 2.57. The largest absolute Gasteiger partial charge is 0.480 e. The highest BCUT2D eigenvalue weighted by Crippen LogP contribution is 2.41. The third kappa shape index (κ3) is 1.25. The predicted octanol–water partition coefficient (Wildman–Crippen LogP) is 2.34. The van der Waals surface area contributed by atoms with Crippen molar-refractivity contribution in [2.45, 2.75) is 0 Å². The molecule has 4 heteroatoms. The van der Waals surface area contributed by atoms with Gasteiger partial charge in [0.25, 0.3) is 0 Å².